The number of carbonyl (C=O) groups is 2. The van der Waals surface area contributed by atoms with Gasteiger partial charge in [0.1, 0.15) is 5.75 Å². The van der Waals surface area contributed by atoms with Crippen molar-refractivity contribution in [3.05, 3.63) is 71.5 Å². The Kier molecular flexibility index (Phi) is 4.36. The summed E-state index contributed by atoms with van der Waals surface area (Å²) < 4.78 is 5.49. The maximum absolute atomic E-state index is 12.5. The highest BCUT2D eigenvalue weighted by atomic mass is 16.5. The Balaban J connectivity index is 1.77. The average molecular weight is 332 g/mol. The first-order valence-electron chi connectivity index (χ1n) is 7.80. The predicted molar refractivity (Wildman–Crippen MR) is 93.4 cm³/mol. The van der Waals surface area contributed by atoms with Crippen LogP contribution in [-0.4, -0.2) is 18.7 Å². The van der Waals surface area contributed by atoms with Gasteiger partial charge in [-0.1, -0.05) is 6.58 Å². The van der Waals surface area contributed by atoms with Crippen molar-refractivity contribution in [3.8, 4) is 11.8 Å². The monoisotopic (exact) mass is 332 g/mol. The van der Waals surface area contributed by atoms with E-state index >= 15 is 0 Å². The fourth-order valence-corrected chi connectivity index (χ4v) is 2.74. The summed E-state index contributed by atoms with van der Waals surface area (Å²) in [4.78, 5) is 25.9. The first kappa shape index (κ1) is 16.5. The third kappa shape index (κ3) is 3.29. The second kappa shape index (κ2) is 6.62. The van der Waals surface area contributed by atoms with E-state index in [0.717, 1.165) is 11.3 Å². The summed E-state index contributed by atoms with van der Waals surface area (Å²) in [6.45, 7) is 3.71. The lowest BCUT2D eigenvalue weighted by Crippen LogP contribution is -2.31. The molecular formula is C20H16N2O3. The van der Waals surface area contributed by atoms with Gasteiger partial charge in [-0.05, 0) is 54.4 Å². The van der Waals surface area contributed by atoms with Crippen LogP contribution in [0.3, 0.4) is 0 Å². The summed E-state index contributed by atoms with van der Waals surface area (Å²) >= 11 is 0. The largest absolute Gasteiger partial charge is 0.454 e. The molecule has 3 rings (SSSR count). The van der Waals surface area contributed by atoms with Gasteiger partial charge in [0, 0.05) is 24.7 Å². The molecule has 25 heavy (non-hydrogen) atoms. The van der Waals surface area contributed by atoms with Gasteiger partial charge in [-0.2, -0.15) is 5.26 Å². The molecule has 0 saturated heterocycles. The maximum atomic E-state index is 12.5. The van der Waals surface area contributed by atoms with Gasteiger partial charge in [-0.15, -0.1) is 0 Å². The highest BCUT2D eigenvalue weighted by Gasteiger charge is 2.22. The molecule has 1 aliphatic heterocycles. The van der Waals surface area contributed by atoms with Crippen LogP contribution in [-0.2, 0) is 11.2 Å². The summed E-state index contributed by atoms with van der Waals surface area (Å²) in [5.41, 5.74) is 2.77. The average Bonchev–Trinajstić information content (AvgIpc) is 2.64. The molecule has 1 heterocycles. The number of ketones is 1. The van der Waals surface area contributed by atoms with Crippen molar-refractivity contribution in [1.29, 1.82) is 5.26 Å². The predicted octanol–water partition coefficient (Wildman–Crippen LogP) is 3.24. The highest BCUT2D eigenvalue weighted by Crippen LogP contribution is 2.28. The molecule has 0 N–H and O–H groups in total. The number of carbonyl (C=O) groups excluding carboxylic acids is 2. The zero-order valence-electron chi connectivity index (χ0n) is 13.8. The van der Waals surface area contributed by atoms with Crippen LogP contribution >= 0.6 is 0 Å². The summed E-state index contributed by atoms with van der Waals surface area (Å²) in [5, 5.41) is 8.79. The first-order chi connectivity index (χ1) is 12.0. The number of nitrogens with zero attached hydrogens (tertiary/aromatic N) is 2. The number of fused-ring (bicyclic) bond motifs is 1. The smallest absolute Gasteiger partial charge is 0.227 e. The molecule has 1 aliphatic rings. The molecule has 5 nitrogen and oxygen atoms in total. The van der Waals surface area contributed by atoms with Crippen LogP contribution in [0.5, 0.6) is 5.75 Å². The van der Waals surface area contributed by atoms with Crippen LogP contribution in [0.15, 0.2) is 54.8 Å². The lowest BCUT2D eigenvalue weighted by atomic mass is 9.97. The van der Waals surface area contributed by atoms with Gasteiger partial charge < -0.3 is 9.64 Å². The highest BCUT2D eigenvalue weighted by molar-refractivity contribution is 6.08. The zero-order chi connectivity index (χ0) is 18.0. The molecule has 0 spiro atoms. The lowest BCUT2D eigenvalue weighted by Gasteiger charge is -2.26. The van der Waals surface area contributed by atoms with Crippen molar-refractivity contribution in [3.63, 3.8) is 0 Å². The Morgan fingerprint density at radius 3 is 2.60 bits per heavy atom. The Hall–Kier alpha value is -3.39. The summed E-state index contributed by atoms with van der Waals surface area (Å²) in [6.07, 6.45) is 1.05. The minimum atomic E-state index is -0.313. The molecule has 1 amide bonds. The van der Waals surface area contributed by atoms with E-state index in [4.69, 9.17) is 10.00 Å². The Labute approximate surface area is 145 Å². The molecule has 0 aromatic heterocycles. The maximum Gasteiger partial charge on any atom is 0.227 e. The van der Waals surface area contributed by atoms with Crippen molar-refractivity contribution in [2.45, 2.75) is 12.8 Å². The Morgan fingerprint density at radius 1 is 1.20 bits per heavy atom. The van der Waals surface area contributed by atoms with Crippen LogP contribution in [0.25, 0.3) is 0 Å². The Morgan fingerprint density at radius 2 is 1.92 bits per heavy atom. The molecule has 2 aromatic rings. The molecule has 0 bridgehead atoms. The van der Waals surface area contributed by atoms with E-state index in [9.17, 15) is 9.59 Å². The normalized spacial score (nSPS) is 13.0. The minimum Gasteiger partial charge on any atom is -0.454 e. The van der Waals surface area contributed by atoms with Crippen LogP contribution < -0.4 is 9.64 Å². The number of rotatable bonds is 4. The van der Waals surface area contributed by atoms with Gasteiger partial charge in [-0.3, -0.25) is 9.59 Å². The number of anilines is 1. The molecule has 2 aromatic carbocycles. The summed E-state index contributed by atoms with van der Waals surface area (Å²) in [5.74, 6) is 0.206. The summed E-state index contributed by atoms with van der Waals surface area (Å²) in [7, 11) is 1.73. The zero-order valence-corrected chi connectivity index (χ0v) is 13.8. The van der Waals surface area contributed by atoms with Crippen LogP contribution in [0.1, 0.15) is 27.9 Å². The van der Waals surface area contributed by atoms with E-state index in [0.29, 0.717) is 29.7 Å². The second-order valence-corrected chi connectivity index (χ2v) is 5.79. The van der Waals surface area contributed by atoms with Gasteiger partial charge in [-0.25, -0.2) is 0 Å². The molecule has 124 valence electrons. The van der Waals surface area contributed by atoms with E-state index in [1.807, 2.05) is 6.07 Å². The SMILES string of the molecule is C=C(Oc1ccc(C#N)cc1)C(=O)c1ccc2c(c1)CCC(=O)N2C. The number of hydrogen-bond donors (Lipinski definition) is 0. The molecule has 0 atom stereocenters. The van der Waals surface area contributed by atoms with Gasteiger partial charge in [0.25, 0.3) is 0 Å². The van der Waals surface area contributed by atoms with E-state index in [1.165, 1.54) is 0 Å². The molecule has 0 unspecified atom stereocenters. The fourth-order valence-electron chi connectivity index (χ4n) is 2.74. The number of allylic oxidation sites excluding steroid dienone is 1. The third-order valence-corrected chi connectivity index (χ3v) is 4.16. The topological polar surface area (TPSA) is 70.4 Å². The minimum absolute atomic E-state index is 0.00454. The quantitative estimate of drug-likeness (QED) is 0.489. The van der Waals surface area contributed by atoms with Crippen molar-refractivity contribution in [1.82, 2.24) is 0 Å². The number of hydrogen-bond acceptors (Lipinski definition) is 4. The van der Waals surface area contributed by atoms with Crippen molar-refractivity contribution < 1.29 is 14.3 Å². The van der Waals surface area contributed by atoms with Crippen LogP contribution in [0, 0.1) is 11.3 Å². The molecule has 0 saturated carbocycles. The standard InChI is InChI=1S/C20H16N2O3/c1-13(25-17-7-3-14(12-21)4-8-17)20(24)16-5-9-18-15(11-16)6-10-19(23)22(18)2/h3-5,7-9,11H,1,6,10H2,2H3. The molecule has 5 heteroatoms. The van der Waals surface area contributed by atoms with E-state index in [-0.39, 0.29) is 17.4 Å². The van der Waals surface area contributed by atoms with Crippen LogP contribution in [0.2, 0.25) is 0 Å². The third-order valence-electron chi connectivity index (χ3n) is 4.16. The molecule has 0 fully saturated rings. The van der Waals surface area contributed by atoms with E-state index in [1.54, 1.807) is 54.4 Å². The summed E-state index contributed by atoms with van der Waals surface area (Å²) in [6, 6.07) is 13.7. The number of nitriles is 1. The number of Topliss-reactive ketones (excluding diaryl/α,β-unsaturated/α-hetero) is 1. The van der Waals surface area contributed by atoms with Crippen LogP contribution in [0.4, 0.5) is 5.69 Å². The second-order valence-electron chi connectivity index (χ2n) is 5.79. The van der Waals surface area contributed by atoms with E-state index in [2.05, 4.69) is 6.58 Å². The Bertz CT molecular complexity index is 908. The molecular weight excluding hydrogens is 316 g/mol. The first-order valence-corrected chi connectivity index (χ1v) is 7.80. The number of ether oxygens (including phenoxy) is 1. The number of amides is 1. The van der Waals surface area contributed by atoms with E-state index < -0.39 is 0 Å². The lowest BCUT2D eigenvalue weighted by molar-refractivity contribution is -0.118. The van der Waals surface area contributed by atoms with Crippen molar-refractivity contribution >= 4 is 17.4 Å². The molecule has 0 radical (unpaired) electrons. The van der Waals surface area contributed by atoms with Gasteiger partial charge in [0.15, 0.2) is 5.76 Å². The number of aryl methyl sites for hydroxylation is 1. The van der Waals surface area contributed by atoms with Gasteiger partial charge in [0.05, 0.1) is 11.6 Å². The van der Waals surface area contributed by atoms with Crippen molar-refractivity contribution in [2.75, 3.05) is 11.9 Å². The fraction of sp³-hybridized carbons (Fsp3) is 0.150. The van der Waals surface area contributed by atoms with Gasteiger partial charge in [0.2, 0.25) is 11.7 Å². The van der Waals surface area contributed by atoms with Gasteiger partial charge >= 0.3 is 0 Å². The van der Waals surface area contributed by atoms with Crippen molar-refractivity contribution in [2.24, 2.45) is 0 Å². The molecule has 0 aliphatic carbocycles. The number of benzene rings is 2.